The Morgan fingerprint density at radius 1 is 1.19 bits per heavy atom. The highest BCUT2D eigenvalue weighted by Crippen LogP contribution is 2.40. The van der Waals surface area contributed by atoms with Crippen molar-refractivity contribution in [1.82, 2.24) is 4.98 Å². The molecule has 2 aromatic rings. The van der Waals surface area contributed by atoms with Gasteiger partial charge in [0.15, 0.2) is 0 Å². The van der Waals surface area contributed by atoms with Gasteiger partial charge in [0.05, 0.1) is 34.1 Å². The van der Waals surface area contributed by atoms with Gasteiger partial charge in [-0.3, -0.25) is 10.1 Å². The number of halogens is 3. The van der Waals surface area contributed by atoms with Gasteiger partial charge in [-0.15, -0.1) is 0 Å². The first-order chi connectivity index (χ1) is 12.1. The first-order valence-electron chi connectivity index (χ1n) is 7.88. The van der Waals surface area contributed by atoms with Gasteiger partial charge in [0.2, 0.25) is 0 Å². The molecule has 2 rings (SSSR count). The number of hydrogen-bond donors (Lipinski definition) is 1. The summed E-state index contributed by atoms with van der Waals surface area (Å²) >= 11 is 0. The molecule has 0 fully saturated rings. The number of ether oxygens (including phenoxy) is 1. The van der Waals surface area contributed by atoms with E-state index in [4.69, 9.17) is 9.88 Å². The van der Waals surface area contributed by atoms with Gasteiger partial charge in [0.1, 0.15) is 5.75 Å². The number of aromatic nitrogens is 1. The van der Waals surface area contributed by atoms with Crippen LogP contribution in [0.2, 0.25) is 0 Å². The van der Waals surface area contributed by atoms with Gasteiger partial charge in [-0.2, -0.15) is 13.2 Å². The standard InChI is InChI=1S/C18H21F3N2O2S/c1-17(2,26(22)24)11-14(12-6-8-13(25-3)9-7-12)16-15(18(19,20)21)5-4-10-23-16/h4-10,14H,11,22H2,1-3H3/t14-,26?/m0/s1. The number of pyridine rings is 1. The minimum Gasteiger partial charge on any atom is -0.497 e. The molecule has 8 heteroatoms. The van der Waals surface area contributed by atoms with Crippen LogP contribution in [0, 0.1) is 0 Å². The quantitative estimate of drug-likeness (QED) is 0.815. The van der Waals surface area contributed by atoms with Crippen molar-refractivity contribution < 1.29 is 22.1 Å². The summed E-state index contributed by atoms with van der Waals surface area (Å²) in [6.45, 7) is 3.33. The molecule has 142 valence electrons. The fraction of sp³-hybridized carbons (Fsp3) is 0.389. The lowest BCUT2D eigenvalue weighted by Crippen LogP contribution is -2.34. The van der Waals surface area contributed by atoms with E-state index in [9.17, 15) is 17.4 Å². The highest BCUT2D eigenvalue weighted by molar-refractivity contribution is 7.84. The van der Waals surface area contributed by atoms with Crippen molar-refractivity contribution >= 4 is 11.0 Å². The summed E-state index contributed by atoms with van der Waals surface area (Å²) in [6, 6.07) is 8.98. The molecule has 4 nitrogen and oxygen atoms in total. The molecule has 0 aliphatic rings. The zero-order valence-corrected chi connectivity index (χ0v) is 15.5. The van der Waals surface area contributed by atoms with Gasteiger partial charge in [-0.25, -0.2) is 4.21 Å². The molecular formula is C18H21F3N2O2S. The highest BCUT2D eigenvalue weighted by atomic mass is 32.2. The van der Waals surface area contributed by atoms with E-state index in [0.29, 0.717) is 11.3 Å². The lowest BCUT2D eigenvalue weighted by Gasteiger charge is -2.29. The second kappa shape index (κ2) is 7.75. The molecule has 0 amide bonds. The normalized spacial score (nSPS) is 14.7. The maximum absolute atomic E-state index is 13.5. The summed E-state index contributed by atoms with van der Waals surface area (Å²) in [6.07, 6.45) is -3.07. The predicted molar refractivity (Wildman–Crippen MR) is 95.1 cm³/mol. The van der Waals surface area contributed by atoms with Crippen LogP contribution < -0.4 is 9.88 Å². The third-order valence-corrected chi connectivity index (χ3v) is 5.49. The lowest BCUT2D eigenvalue weighted by atomic mass is 9.85. The summed E-state index contributed by atoms with van der Waals surface area (Å²) in [7, 11) is -0.204. The van der Waals surface area contributed by atoms with E-state index in [0.717, 1.165) is 6.07 Å². The van der Waals surface area contributed by atoms with Gasteiger partial charge < -0.3 is 4.74 Å². The van der Waals surface area contributed by atoms with Gasteiger partial charge in [0.25, 0.3) is 0 Å². The largest absolute Gasteiger partial charge is 0.497 e. The smallest absolute Gasteiger partial charge is 0.418 e. The van der Waals surface area contributed by atoms with Crippen LogP contribution in [0.25, 0.3) is 0 Å². The van der Waals surface area contributed by atoms with Crippen LogP contribution in [0.5, 0.6) is 5.75 Å². The Morgan fingerprint density at radius 2 is 1.81 bits per heavy atom. The van der Waals surface area contributed by atoms with Crippen molar-refractivity contribution in [3.63, 3.8) is 0 Å². The molecule has 1 heterocycles. The second-order valence-corrected chi connectivity index (χ2v) is 8.22. The van der Waals surface area contributed by atoms with Crippen LogP contribution >= 0.6 is 0 Å². The molecule has 0 spiro atoms. The van der Waals surface area contributed by atoms with Gasteiger partial charge in [0, 0.05) is 12.1 Å². The first kappa shape index (κ1) is 20.4. The fourth-order valence-electron chi connectivity index (χ4n) is 2.72. The summed E-state index contributed by atoms with van der Waals surface area (Å²) in [4.78, 5) is 4.02. The van der Waals surface area contributed by atoms with E-state index in [-0.39, 0.29) is 12.1 Å². The van der Waals surface area contributed by atoms with Gasteiger partial charge >= 0.3 is 6.18 Å². The Balaban J connectivity index is 2.59. The highest BCUT2D eigenvalue weighted by Gasteiger charge is 2.38. The van der Waals surface area contributed by atoms with Crippen molar-refractivity contribution in [2.24, 2.45) is 5.14 Å². The summed E-state index contributed by atoms with van der Waals surface area (Å²) in [5.41, 5.74) is -0.295. The maximum Gasteiger partial charge on any atom is 0.418 e. The minimum absolute atomic E-state index is 0.108. The van der Waals surface area contributed by atoms with E-state index >= 15 is 0 Å². The summed E-state index contributed by atoms with van der Waals surface area (Å²) in [5, 5.41) is 5.55. The fourth-order valence-corrected chi connectivity index (χ4v) is 3.05. The Bertz CT molecular complexity index is 777. The Morgan fingerprint density at radius 3 is 2.31 bits per heavy atom. The van der Waals surface area contributed by atoms with E-state index in [1.807, 2.05) is 0 Å². The van der Waals surface area contributed by atoms with Crippen LogP contribution in [0.4, 0.5) is 13.2 Å². The average molecular weight is 386 g/mol. The molecule has 1 unspecified atom stereocenters. The Labute approximate surface area is 153 Å². The molecule has 0 saturated carbocycles. The molecule has 2 atom stereocenters. The topological polar surface area (TPSA) is 65.2 Å². The molecule has 0 bridgehead atoms. The van der Waals surface area contributed by atoms with Crippen LogP contribution in [-0.2, 0) is 17.2 Å². The zero-order chi connectivity index (χ0) is 19.5. The molecule has 26 heavy (non-hydrogen) atoms. The monoisotopic (exact) mass is 386 g/mol. The molecule has 0 radical (unpaired) electrons. The van der Waals surface area contributed by atoms with E-state index in [1.165, 1.54) is 19.4 Å². The number of methoxy groups -OCH3 is 1. The SMILES string of the molecule is COc1ccc([C@H](CC(C)(C)S(N)=O)c2ncccc2C(F)(F)F)cc1. The van der Waals surface area contributed by atoms with Gasteiger partial charge in [-0.1, -0.05) is 12.1 Å². The summed E-state index contributed by atoms with van der Waals surface area (Å²) < 4.78 is 56.6. The number of nitrogens with zero attached hydrogens (tertiary/aromatic N) is 1. The predicted octanol–water partition coefficient (Wildman–Crippen LogP) is 4.03. The molecule has 0 aliphatic heterocycles. The number of rotatable bonds is 6. The van der Waals surface area contributed by atoms with Crippen LogP contribution in [0.3, 0.4) is 0 Å². The zero-order valence-electron chi connectivity index (χ0n) is 14.7. The molecular weight excluding hydrogens is 365 g/mol. The maximum atomic E-state index is 13.5. The van der Waals surface area contributed by atoms with Crippen molar-refractivity contribution in [3.8, 4) is 5.75 Å². The molecule has 0 saturated heterocycles. The number of hydrogen-bond acceptors (Lipinski definition) is 3. The third kappa shape index (κ3) is 4.62. The second-order valence-electron chi connectivity index (χ2n) is 6.52. The van der Waals surface area contributed by atoms with Crippen LogP contribution in [0.15, 0.2) is 42.6 Å². The van der Waals surface area contributed by atoms with Crippen molar-refractivity contribution in [2.75, 3.05) is 7.11 Å². The van der Waals surface area contributed by atoms with Crippen LogP contribution in [-0.4, -0.2) is 21.0 Å². The number of benzene rings is 1. The number of nitrogens with two attached hydrogens (primary N) is 1. The van der Waals surface area contributed by atoms with Crippen molar-refractivity contribution in [2.45, 2.75) is 37.1 Å². The van der Waals surface area contributed by atoms with E-state index in [2.05, 4.69) is 4.98 Å². The van der Waals surface area contributed by atoms with E-state index < -0.39 is 33.4 Å². The van der Waals surface area contributed by atoms with E-state index in [1.54, 1.807) is 38.1 Å². The van der Waals surface area contributed by atoms with Gasteiger partial charge in [-0.05, 0) is 50.1 Å². The Hall–Kier alpha value is -1.93. The van der Waals surface area contributed by atoms with Crippen LogP contribution in [0.1, 0.15) is 43.0 Å². The lowest BCUT2D eigenvalue weighted by molar-refractivity contribution is -0.138. The molecule has 1 aromatic carbocycles. The molecule has 0 aliphatic carbocycles. The summed E-state index contributed by atoms with van der Waals surface area (Å²) in [5.74, 6) is -0.132. The van der Waals surface area contributed by atoms with Crippen molar-refractivity contribution in [3.05, 3.63) is 59.4 Å². The number of alkyl halides is 3. The third-order valence-electron chi connectivity index (χ3n) is 4.23. The first-order valence-corrected chi connectivity index (χ1v) is 9.10. The average Bonchev–Trinajstić information content (AvgIpc) is 2.59. The molecule has 1 aromatic heterocycles. The molecule has 2 N–H and O–H groups in total. The van der Waals surface area contributed by atoms with Crippen molar-refractivity contribution in [1.29, 1.82) is 0 Å². The Kier molecular flexibility index (Phi) is 6.08. The minimum atomic E-state index is -4.54.